The lowest BCUT2D eigenvalue weighted by molar-refractivity contribution is -0.154. The van der Waals surface area contributed by atoms with Gasteiger partial charge in [-0.2, -0.15) is 0 Å². The molecule has 0 rings (SSSR count). The zero-order valence-corrected chi connectivity index (χ0v) is 30.4. The molecule has 45 heavy (non-hydrogen) atoms. The summed E-state index contributed by atoms with van der Waals surface area (Å²) in [7, 11) is 0. The molecule has 0 spiro atoms. The van der Waals surface area contributed by atoms with Crippen LogP contribution in [0.25, 0.3) is 0 Å². The quantitative estimate of drug-likeness (QED) is 0.0420. The number of rotatable bonds is 37. The molecule has 0 heterocycles. The van der Waals surface area contributed by atoms with Gasteiger partial charge in [-0.15, -0.1) is 0 Å². The number of unbranched alkanes of at least 4 members (excludes halogenated alkanes) is 25. The van der Waals surface area contributed by atoms with Gasteiger partial charge in [-0.25, -0.2) is 0 Å². The molecule has 0 saturated carbocycles. The first-order chi connectivity index (χ1) is 22.2. The summed E-state index contributed by atoms with van der Waals surface area (Å²) in [5.74, 6) is -0.206. The van der Waals surface area contributed by atoms with Crippen molar-refractivity contribution in [2.75, 3.05) is 19.8 Å². The minimum absolute atomic E-state index is 0.168. The third kappa shape index (κ3) is 37.2. The molecule has 1 atom stereocenters. The molecule has 0 aromatic heterocycles. The van der Waals surface area contributed by atoms with Crippen molar-refractivity contribution in [3.05, 3.63) is 24.3 Å². The number of allylic oxidation sites excluding steroid dienone is 4. The highest BCUT2D eigenvalue weighted by Gasteiger charge is 2.13. The fourth-order valence-electron chi connectivity index (χ4n) is 5.77. The zero-order chi connectivity index (χ0) is 32.7. The van der Waals surface area contributed by atoms with Gasteiger partial charge in [-0.1, -0.05) is 179 Å². The summed E-state index contributed by atoms with van der Waals surface area (Å²) < 4.78 is 11.1. The highest BCUT2D eigenvalue weighted by atomic mass is 16.6. The number of ether oxygens (including phenoxy) is 2. The van der Waals surface area contributed by atoms with Crippen LogP contribution in [0.15, 0.2) is 24.3 Å². The molecule has 0 bridgehead atoms. The molecule has 4 nitrogen and oxygen atoms in total. The zero-order valence-electron chi connectivity index (χ0n) is 30.4. The molecule has 0 aromatic rings. The van der Waals surface area contributed by atoms with Crippen LogP contribution in [0.2, 0.25) is 0 Å². The Morgan fingerprint density at radius 3 is 1.38 bits per heavy atom. The van der Waals surface area contributed by atoms with Crippen LogP contribution in [0.5, 0.6) is 0 Å². The highest BCUT2D eigenvalue weighted by molar-refractivity contribution is 5.69. The second-order valence-corrected chi connectivity index (χ2v) is 13.4. The summed E-state index contributed by atoms with van der Waals surface area (Å²) in [6, 6.07) is 0. The van der Waals surface area contributed by atoms with Crippen molar-refractivity contribution in [2.24, 2.45) is 0 Å². The van der Waals surface area contributed by atoms with Gasteiger partial charge in [0.15, 0.2) is 0 Å². The van der Waals surface area contributed by atoms with Crippen molar-refractivity contribution < 1.29 is 19.4 Å². The maximum absolute atomic E-state index is 12.0. The fraction of sp³-hybridized carbons (Fsp3) is 0.878. The van der Waals surface area contributed by atoms with Crippen LogP contribution in [-0.4, -0.2) is 37.0 Å². The van der Waals surface area contributed by atoms with E-state index in [1.54, 1.807) is 0 Å². The van der Waals surface area contributed by atoms with E-state index in [0.29, 0.717) is 19.6 Å². The summed E-state index contributed by atoms with van der Waals surface area (Å²) in [6.45, 7) is 5.31. The number of aliphatic hydroxyl groups excluding tert-OH is 1. The van der Waals surface area contributed by atoms with Gasteiger partial charge in [0, 0.05) is 13.0 Å². The van der Waals surface area contributed by atoms with Gasteiger partial charge < -0.3 is 14.6 Å². The molecule has 0 aliphatic rings. The van der Waals surface area contributed by atoms with Crippen LogP contribution in [0.3, 0.4) is 0 Å². The Bertz CT molecular complexity index is 629. The number of aliphatic hydroxyl groups is 1. The standard InChI is InChI=1S/C41H78O4/c1-3-5-7-9-11-12-13-14-15-16-17-18-19-20-21-22-23-24-25-26-27-28-29-31-33-35-37-44-39-40(38-42)45-41(43)36-34-32-30-10-8-6-4-2/h13-14,16-17,40,42H,3-12,15,18-39H2,1-2H3/b14-13-,17-16-. The predicted molar refractivity (Wildman–Crippen MR) is 196 cm³/mol. The van der Waals surface area contributed by atoms with E-state index in [4.69, 9.17) is 9.47 Å². The van der Waals surface area contributed by atoms with Gasteiger partial charge in [-0.3, -0.25) is 4.79 Å². The highest BCUT2D eigenvalue weighted by Crippen LogP contribution is 2.14. The number of esters is 1. The molecular formula is C41H78O4. The van der Waals surface area contributed by atoms with Gasteiger partial charge >= 0.3 is 5.97 Å². The Kier molecular flexibility index (Phi) is 38.1. The van der Waals surface area contributed by atoms with Crippen molar-refractivity contribution in [3.63, 3.8) is 0 Å². The Labute approximate surface area is 281 Å². The van der Waals surface area contributed by atoms with Crippen LogP contribution >= 0.6 is 0 Å². The first kappa shape index (κ1) is 43.9. The molecule has 1 N–H and O–H groups in total. The van der Waals surface area contributed by atoms with Crippen molar-refractivity contribution in [1.82, 2.24) is 0 Å². The number of carbonyl (C=O) groups excluding carboxylic acids is 1. The molecule has 0 aliphatic carbocycles. The van der Waals surface area contributed by atoms with Gasteiger partial charge in [0.2, 0.25) is 0 Å². The molecule has 1 unspecified atom stereocenters. The maximum Gasteiger partial charge on any atom is 0.306 e. The van der Waals surface area contributed by atoms with E-state index < -0.39 is 6.10 Å². The summed E-state index contributed by atoms with van der Waals surface area (Å²) in [5, 5.41) is 9.51. The van der Waals surface area contributed by atoms with E-state index in [2.05, 4.69) is 38.2 Å². The van der Waals surface area contributed by atoms with Gasteiger partial charge in [0.1, 0.15) is 6.10 Å². The van der Waals surface area contributed by atoms with Gasteiger partial charge in [0.25, 0.3) is 0 Å². The molecule has 0 radical (unpaired) electrons. The second-order valence-electron chi connectivity index (χ2n) is 13.4. The normalized spacial score (nSPS) is 12.5. The minimum atomic E-state index is -0.526. The van der Waals surface area contributed by atoms with Crippen molar-refractivity contribution in [3.8, 4) is 0 Å². The first-order valence-corrected chi connectivity index (χ1v) is 19.9. The lowest BCUT2D eigenvalue weighted by Gasteiger charge is -2.15. The molecule has 0 amide bonds. The average molecular weight is 635 g/mol. The maximum atomic E-state index is 12.0. The number of hydrogen-bond acceptors (Lipinski definition) is 4. The Hall–Kier alpha value is -1.13. The van der Waals surface area contributed by atoms with Crippen LogP contribution in [-0.2, 0) is 14.3 Å². The second kappa shape index (κ2) is 39.1. The lowest BCUT2D eigenvalue weighted by Crippen LogP contribution is -2.27. The molecule has 0 aliphatic heterocycles. The van der Waals surface area contributed by atoms with E-state index in [9.17, 15) is 9.90 Å². The predicted octanol–water partition coefficient (Wildman–Crippen LogP) is 12.8. The average Bonchev–Trinajstić information content (AvgIpc) is 3.05. The van der Waals surface area contributed by atoms with E-state index in [0.717, 1.165) is 25.7 Å². The molecule has 266 valence electrons. The van der Waals surface area contributed by atoms with Crippen LogP contribution in [0.1, 0.15) is 206 Å². The van der Waals surface area contributed by atoms with E-state index in [1.807, 2.05) is 0 Å². The van der Waals surface area contributed by atoms with Crippen molar-refractivity contribution >= 4 is 5.97 Å². The van der Waals surface area contributed by atoms with E-state index in [-0.39, 0.29) is 12.6 Å². The fourth-order valence-corrected chi connectivity index (χ4v) is 5.77. The van der Waals surface area contributed by atoms with E-state index in [1.165, 1.54) is 161 Å². The Morgan fingerprint density at radius 2 is 0.933 bits per heavy atom. The smallest absolute Gasteiger partial charge is 0.306 e. The molecule has 0 fully saturated rings. The Balaban J connectivity index is 3.33. The van der Waals surface area contributed by atoms with Crippen LogP contribution < -0.4 is 0 Å². The molecule has 4 heteroatoms. The van der Waals surface area contributed by atoms with Gasteiger partial charge in [-0.05, 0) is 44.9 Å². The Morgan fingerprint density at radius 1 is 0.533 bits per heavy atom. The van der Waals surface area contributed by atoms with Crippen molar-refractivity contribution in [1.29, 1.82) is 0 Å². The summed E-state index contributed by atoms with van der Waals surface area (Å²) in [4.78, 5) is 12.0. The molecule has 0 saturated heterocycles. The number of hydrogen-bond donors (Lipinski definition) is 1. The van der Waals surface area contributed by atoms with Gasteiger partial charge in [0.05, 0.1) is 13.2 Å². The number of carbonyl (C=O) groups is 1. The van der Waals surface area contributed by atoms with Crippen molar-refractivity contribution in [2.45, 2.75) is 213 Å². The monoisotopic (exact) mass is 635 g/mol. The lowest BCUT2D eigenvalue weighted by atomic mass is 10.0. The molecule has 0 aromatic carbocycles. The minimum Gasteiger partial charge on any atom is -0.457 e. The summed E-state index contributed by atoms with van der Waals surface area (Å²) in [6.07, 6.45) is 46.8. The van der Waals surface area contributed by atoms with Crippen LogP contribution in [0, 0.1) is 0 Å². The summed E-state index contributed by atoms with van der Waals surface area (Å²) >= 11 is 0. The largest absolute Gasteiger partial charge is 0.457 e. The topological polar surface area (TPSA) is 55.8 Å². The third-order valence-electron chi connectivity index (χ3n) is 8.78. The SMILES string of the molecule is CCCCCCC/C=C\C/C=C\CCCCCCCCCCCCCCCCOCC(CO)OC(=O)CCCCCCCCC. The van der Waals surface area contributed by atoms with Crippen LogP contribution in [0.4, 0.5) is 0 Å². The molecular weight excluding hydrogens is 556 g/mol. The van der Waals surface area contributed by atoms with E-state index >= 15 is 0 Å². The first-order valence-electron chi connectivity index (χ1n) is 19.9. The summed E-state index contributed by atoms with van der Waals surface area (Å²) in [5.41, 5.74) is 0. The third-order valence-corrected chi connectivity index (χ3v) is 8.78.